The van der Waals surface area contributed by atoms with E-state index in [-0.39, 0.29) is 19.3 Å². The van der Waals surface area contributed by atoms with E-state index in [0.717, 1.165) is 161 Å². The molecule has 0 rings (SSSR count). The molecule has 5 atom stereocenters. The van der Waals surface area contributed by atoms with Gasteiger partial charge in [0, 0.05) is 19.3 Å². The Morgan fingerprint density at radius 2 is 0.469 bits per heavy atom. The van der Waals surface area contributed by atoms with Crippen molar-refractivity contribution in [3.05, 3.63) is 146 Å². The monoisotopic (exact) mass is 1620 g/mol. The first-order chi connectivity index (χ1) is 55.2. The third-order valence-electron chi connectivity index (χ3n) is 19.0. The molecular weight excluding hydrogens is 1460 g/mol. The van der Waals surface area contributed by atoms with Gasteiger partial charge in [0.1, 0.15) is 25.4 Å². The average molecular weight is 1620 g/mol. The van der Waals surface area contributed by atoms with E-state index in [1.54, 1.807) is 0 Å². The second-order valence-corrected chi connectivity index (χ2v) is 32.9. The average Bonchev–Trinajstić information content (AvgIpc) is 0.913. The number of phosphoric acid groups is 2. The quantitative estimate of drug-likeness (QED) is 0.0146. The van der Waals surface area contributed by atoms with E-state index in [9.17, 15) is 43.5 Å². The minimum atomic E-state index is -4.95. The van der Waals surface area contributed by atoms with Gasteiger partial charge in [0.15, 0.2) is 6.10 Å². The van der Waals surface area contributed by atoms with Crippen molar-refractivity contribution in [3.63, 3.8) is 0 Å². The summed E-state index contributed by atoms with van der Waals surface area (Å²) in [4.78, 5) is 58.9. The predicted octanol–water partition coefficient (Wildman–Crippen LogP) is 27.6. The number of carbonyl (C=O) groups is 3. The first kappa shape index (κ1) is 108. The number of rotatable bonds is 85. The molecule has 113 heavy (non-hydrogen) atoms. The van der Waals surface area contributed by atoms with Crippen molar-refractivity contribution in [1.29, 1.82) is 0 Å². The highest BCUT2D eigenvalue weighted by molar-refractivity contribution is 7.47. The van der Waals surface area contributed by atoms with Gasteiger partial charge in [-0.05, 0) is 148 Å². The lowest BCUT2D eigenvalue weighted by Gasteiger charge is -2.21. The van der Waals surface area contributed by atoms with Crippen molar-refractivity contribution < 1.29 is 75.8 Å². The molecule has 0 aromatic rings. The molecule has 0 saturated carbocycles. The van der Waals surface area contributed by atoms with Crippen molar-refractivity contribution in [3.8, 4) is 0 Å². The van der Waals surface area contributed by atoms with E-state index in [0.29, 0.717) is 19.3 Å². The molecule has 18 heteroatoms. The Labute approximate surface area is 689 Å². The molecule has 0 aliphatic carbocycles. The molecule has 0 aliphatic rings. The van der Waals surface area contributed by atoms with Gasteiger partial charge in [-0.1, -0.05) is 359 Å². The van der Waals surface area contributed by atoms with E-state index in [1.807, 2.05) is 0 Å². The molecule has 0 bridgehead atoms. The van der Waals surface area contributed by atoms with Crippen molar-refractivity contribution >= 4 is 33.6 Å². The van der Waals surface area contributed by atoms with Crippen LogP contribution in [0.5, 0.6) is 0 Å². The molecule has 0 aromatic carbocycles. The van der Waals surface area contributed by atoms with Crippen molar-refractivity contribution in [2.45, 2.75) is 399 Å². The Morgan fingerprint density at radius 1 is 0.257 bits per heavy atom. The summed E-state index contributed by atoms with van der Waals surface area (Å²) in [5.41, 5.74) is 0. The molecule has 0 aliphatic heterocycles. The third kappa shape index (κ3) is 88.1. The Hall–Kier alpha value is -4.57. The fourth-order valence-corrected chi connectivity index (χ4v) is 13.8. The molecule has 0 heterocycles. The number of aliphatic hydroxyl groups excluding tert-OH is 2. The zero-order valence-corrected chi connectivity index (χ0v) is 73.3. The second kappa shape index (κ2) is 86.8. The summed E-state index contributed by atoms with van der Waals surface area (Å²) < 4.78 is 61.4. The third-order valence-corrected chi connectivity index (χ3v) is 20.9. The van der Waals surface area contributed by atoms with Crippen LogP contribution in [0.2, 0.25) is 0 Å². The lowest BCUT2D eigenvalue weighted by Crippen LogP contribution is -2.30. The molecule has 0 spiro atoms. The van der Waals surface area contributed by atoms with Crippen molar-refractivity contribution in [1.82, 2.24) is 0 Å². The molecule has 0 saturated heterocycles. The molecule has 16 nitrogen and oxygen atoms in total. The van der Waals surface area contributed by atoms with Crippen LogP contribution in [-0.4, -0.2) is 95.9 Å². The molecule has 0 radical (unpaired) electrons. The van der Waals surface area contributed by atoms with Gasteiger partial charge >= 0.3 is 33.6 Å². The molecule has 4 N–H and O–H groups in total. The van der Waals surface area contributed by atoms with E-state index in [1.165, 1.54) is 161 Å². The van der Waals surface area contributed by atoms with Crippen LogP contribution in [0.3, 0.4) is 0 Å². The predicted molar refractivity (Wildman–Crippen MR) is 473 cm³/mol. The molecular formula is C95H164O16P2. The molecule has 0 fully saturated rings. The van der Waals surface area contributed by atoms with Crippen molar-refractivity contribution in [2.24, 2.45) is 0 Å². The summed E-state index contributed by atoms with van der Waals surface area (Å²) >= 11 is 0. The zero-order valence-electron chi connectivity index (χ0n) is 71.5. The van der Waals surface area contributed by atoms with Gasteiger partial charge < -0.3 is 34.2 Å². The first-order valence-corrected chi connectivity index (χ1v) is 48.1. The minimum absolute atomic E-state index is 0.0858. The molecule has 650 valence electrons. The molecule has 0 aromatic heterocycles. The van der Waals surface area contributed by atoms with E-state index in [4.69, 9.17) is 32.3 Å². The Kier molecular flexibility index (Phi) is 83.3. The Balaban J connectivity index is 4.54. The highest BCUT2D eigenvalue weighted by Gasteiger charge is 2.29. The molecule has 5 unspecified atom stereocenters. The first-order valence-electron chi connectivity index (χ1n) is 45.1. The number of carbonyl (C=O) groups excluding carboxylic acids is 3. The SMILES string of the molecule is CC/C=C\C/C=C\C/C=C\C/C=C\C/C=C\CCCCCCCCCCCC(=O)OCC(COP(=O)(O)OCC(O)COP(=O)(O)OCC(O)COC(=O)CCCCCCCCCCCCCCCCCCC/C=C\C/C=C\C/C=C\C/C=C\CCCCC)OC(=O)CCCCCCCC/C=C\C/C=C\C/C=C\CCCCC. The minimum Gasteiger partial charge on any atom is -0.463 e. The smallest absolute Gasteiger partial charge is 0.463 e. The maximum atomic E-state index is 13.0. The normalized spacial score (nSPS) is 14.5. The summed E-state index contributed by atoms with van der Waals surface area (Å²) in [5, 5.41) is 20.7. The van der Waals surface area contributed by atoms with Crippen molar-refractivity contribution in [2.75, 3.05) is 39.6 Å². The van der Waals surface area contributed by atoms with E-state index >= 15 is 0 Å². The van der Waals surface area contributed by atoms with Crippen LogP contribution in [0, 0.1) is 0 Å². The van der Waals surface area contributed by atoms with Crippen LogP contribution >= 0.6 is 15.6 Å². The zero-order chi connectivity index (χ0) is 82.2. The topological polar surface area (TPSA) is 231 Å². The second-order valence-electron chi connectivity index (χ2n) is 30.0. The maximum absolute atomic E-state index is 13.0. The summed E-state index contributed by atoms with van der Waals surface area (Å²) in [6.45, 7) is 2.54. The van der Waals surface area contributed by atoms with Gasteiger partial charge in [0.25, 0.3) is 0 Å². The van der Waals surface area contributed by atoms with Gasteiger partial charge in [-0.15, -0.1) is 0 Å². The largest absolute Gasteiger partial charge is 0.472 e. The van der Waals surface area contributed by atoms with E-state index in [2.05, 4.69) is 167 Å². The number of hydrogen-bond acceptors (Lipinski definition) is 14. The van der Waals surface area contributed by atoms with Gasteiger partial charge in [0.05, 0.1) is 26.4 Å². The summed E-state index contributed by atoms with van der Waals surface area (Å²) in [6, 6.07) is 0. The lowest BCUT2D eigenvalue weighted by atomic mass is 10.0. The molecule has 0 amide bonds. The maximum Gasteiger partial charge on any atom is 0.472 e. The van der Waals surface area contributed by atoms with E-state index < -0.39 is 91.5 Å². The number of esters is 3. The van der Waals surface area contributed by atoms with Gasteiger partial charge in [-0.2, -0.15) is 0 Å². The lowest BCUT2D eigenvalue weighted by molar-refractivity contribution is -0.161. The van der Waals surface area contributed by atoms with Gasteiger partial charge in [-0.3, -0.25) is 32.5 Å². The van der Waals surface area contributed by atoms with Gasteiger partial charge in [-0.25, -0.2) is 9.13 Å². The summed E-state index contributed by atoms with van der Waals surface area (Å²) in [5.74, 6) is -1.59. The number of aliphatic hydroxyl groups is 2. The highest BCUT2D eigenvalue weighted by Crippen LogP contribution is 2.45. The van der Waals surface area contributed by atoms with Crippen LogP contribution in [0.1, 0.15) is 380 Å². The highest BCUT2D eigenvalue weighted by atomic mass is 31.2. The number of allylic oxidation sites excluding steroid dienone is 24. The van der Waals surface area contributed by atoms with Crippen LogP contribution in [-0.2, 0) is 55.8 Å². The summed E-state index contributed by atoms with van der Waals surface area (Å²) in [6.07, 6.45) is 109. The Morgan fingerprint density at radius 3 is 0.743 bits per heavy atom. The van der Waals surface area contributed by atoms with Crippen LogP contribution in [0.4, 0.5) is 0 Å². The van der Waals surface area contributed by atoms with Crippen LogP contribution < -0.4 is 0 Å². The fraction of sp³-hybridized carbons (Fsp3) is 0.716. The van der Waals surface area contributed by atoms with Crippen LogP contribution in [0.15, 0.2) is 146 Å². The van der Waals surface area contributed by atoms with Gasteiger partial charge in [0.2, 0.25) is 0 Å². The number of ether oxygens (including phenoxy) is 3. The fourth-order valence-electron chi connectivity index (χ4n) is 12.2. The summed E-state index contributed by atoms with van der Waals surface area (Å²) in [7, 11) is -9.81. The Bertz CT molecular complexity index is 2630. The number of hydrogen-bond donors (Lipinski definition) is 4. The van der Waals surface area contributed by atoms with Crippen LogP contribution in [0.25, 0.3) is 0 Å². The standard InChI is InChI=1S/C95H164O16P2/c1-4-7-10-13-16-19-22-25-28-31-34-36-38-40-41-42-43-44-45-46-47-49-51-52-55-57-60-63-66-69-72-75-78-81-93(98)105-84-90(96)85-107-112(101,102)108-86-91(97)87-109-113(103,104)110-89-92(111-95(100)83-80-77-74-71-68-65-62-59-54-33-30-27-24-21-18-15-12-9-6-3)88-106-94(99)82-79-76-73-70-67-64-61-58-56-53-50-48-39-37-35-32-29-26-23-20-17-14-11-8-5-2/h8,11,16-21,25-30,34-37,40-41,48,50,54,59,90-92,96-97H,4-7,9-10,12-15,22-24,31-33,38-39,42-47,49,51-53,55-58,60-89H2,1-3H3,(H,101,102)(H,103,104)/b11-8-,19-16-,20-17-,21-18-,28-25-,29-26-,30-27-,36-34-,37-35-,41-40-,50-48-,59-54-. The number of unbranched alkanes of at least 4 members (excludes halogenated alkanes) is 38. The number of phosphoric ester groups is 2.